The smallest absolute Gasteiger partial charge is 0.280 e. The summed E-state index contributed by atoms with van der Waals surface area (Å²) in [7, 11) is -4.17. The molecule has 0 unspecified atom stereocenters. The maximum Gasteiger partial charge on any atom is 0.417 e. The standard InChI is InChI=1S/C20H14ClF3N4O4S/c21-14-5-7-15(8-6-14)27-33(31,32)16-9-10-18(19(11-16)28(29)30)26-25-12-13-3-1-2-4-17(13)20(22,23)24/h1-12,26-27H/b25-12+. The molecule has 0 saturated carbocycles. The van der Waals surface area contributed by atoms with Crippen molar-refractivity contribution in [2.75, 3.05) is 10.1 Å². The highest BCUT2D eigenvalue weighted by Gasteiger charge is 2.32. The Hall–Kier alpha value is -3.64. The zero-order chi connectivity index (χ0) is 24.2. The van der Waals surface area contributed by atoms with Crippen molar-refractivity contribution in [3.8, 4) is 0 Å². The van der Waals surface area contributed by atoms with Gasteiger partial charge in [0.1, 0.15) is 5.69 Å². The average Bonchev–Trinajstić information content (AvgIpc) is 2.75. The number of nitro benzene ring substituents is 1. The molecule has 172 valence electrons. The first kappa shape index (κ1) is 24.0. The number of sulfonamides is 1. The largest absolute Gasteiger partial charge is 0.417 e. The van der Waals surface area contributed by atoms with Gasteiger partial charge in [-0.3, -0.25) is 20.3 Å². The van der Waals surface area contributed by atoms with Crippen LogP contribution in [0.2, 0.25) is 5.02 Å². The highest BCUT2D eigenvalue weighted by atomic mass is 35.5. The van der Waals surface area contributed by atoms with Crippen LogP contribution in [0.15, 0.2) is 76.7 Å². The molecule has 2 N–H and O–H groups in total. The number of hydrogen-bond donors (Lipinski definition) is 2. The van der Waals surface area contributed by atoms with Gasteiger partial charge in [-0.15, -0.1) is 0 Å². The van der Waals surface area contributed by atoms with Crippen LogP contribution in [0, 0.1) is 10.1 Å². The molecule has 0 atom stereocenters. The number of anilines is 2. The summed E-state index contributed by atoms with van der Waals surface area (Å²) < 4.78 is 66.6. The molecule has 0 bridgehead atoms. The van der Waals surface area contributed by atoms with Gasteiger partial charge in [0.25, 0.3) is 15.7 Å². The van der Waals surface area contributed by atoms with E-state index in [0.717, 1.165) is 30.5 Å². The Balaban J connectivity index is 1.86. The Kier molecular flexibility index (Phi) is 6.89. The second kappa shape index (κ2) is 9.46. The van der Waals surface area contributed by atoms with Crippen molar-refractivity contribution in [2.24, 2.45) is 5.10 Å². The molecule has 0 aliphatic carbocycles. The lowest BCUT2D eigenvalue weighted by molar-refractivity contribution is -0.384. The molecule has 0 saturated heterocycles. The predicted octanol–water partition coefficient (Wildman–Crippen LogP) is 5.51. The van der Waals surface area contributed by atoms with Crippen molar-refractivity contribution in [3.63, 3.8) is 0 Å². The van der Waals surface area contributed by atoms with E-state index >= 15 is 0 Å². The molecule has 3 aromatic rings. The minimum atomic E-state index is -4.61. The van der Waals surface area contributed by atoms with Gasteiger partial charge in [0.2, 0.25) is 0 Å². The van der Waals surface area contributed by atoms with Gasteiger partial charge in [0.05, 0.1) is 21.6 Å². The van der Waals surface area contributed by atoms with Crippen LogP contribution in [-0.2, 0) is 16.2 Å². The van der Waals surface area contributed by atoms with E-state index in [1.54, 1.807) is 0 Å². The summed E-state index contributed by atoms with van der Waals surface area (Å²) in [6.07, 6.45) is -3.75. The second-order valence-electron chi connectivity index (χ2n) is 6.50. The average molecular weight is 499 g/mol. The van der Waals surface area contributed by atoms with E-state index < -0.39 is 37.3 Å². The molecule has 33 heavy (non-hydrogen) atoms. The highest BCUT2D eigenvalue weighted by Crippen LogP contribution is 2.32. The molecule has 0 fully saturated rings. The SMILES string of the molecule is O=[N+]([O-])c1cc(S(=O)(=O)Nc2ccc(Cl)cc2)ccc1N/N=C/c1ccccc1C(F)(F)F. The molecule has 0 aromatic heterocycles. The number of hydrazone groups is 1. The van der Waals surface area contributed by atoms with Gasteiger partial charge in [-0.1, -0.05) is 29.8 Å². The number of benzene rings is 3. The van der Waals surface area contributed by atoms with E-state index in [-0.39, 0.29) is 16.9 Å². The summed E-state index contributed by atoms with van der Waals surface area (Å²) in [5.74, 6) is 0. The number of nitrogens with zero attached hydrogens (tertiary/aromatic N) is 2. The highest BCUT2D eigenvalue weighted by molar-refractivity contribution is 7.92. The van der Waals surface area contributed by atoms with Crippen molar-refractivity contribution in [3.05, 3.63) is 93.0 Å². The summed E-state index contributed by atoms with van der Waals surface area (Å²) in [6, 6.07) is 13.4. The maximum atomic E-state index is 13.1. The molecule has 0 aliphatic rings. The zero-order valence-electron chi connectivity index (χ0n) is 16.4. The van der Waals surface area contributed by atoms with Gasteiger partial charge >= 0.3 is 6.18 Å². The normalized spacial score (nSPS) is 12.0. The van der Waals surface area contributed by atoms with Crippen LogP contribution >= 0.6 is 11.6 Å². The number of hydrogen-bond acceptors (Lipinski definition) is 6. The lowest BCUT2D eigenvalue weighted by atomic mass is 10.1. The van der Waals surface area contributed by atoms with Gasteiger partial charge in [0, 0.05) is 22.3 Å². The van der Waals surface area contributed by atoms with Crippen molar-refractivity contribution in [2.45, 2.75) is 11.1 Å². The summed E-state index contributed by atoms with van der Waals surface area (Å²) in [5, 5.41) is 15.5. The zero-order valence-corrected chi connectivity index (χ0v) is 17.9. The maximum absolute atomic E-state index is 13.1. The first-order valence-electron chi connectivity index (χ1n) is 8.99. The van der Waals surface area contributed by atoms with Crippen LogP contribution < -0.4 is 10.1 Å². The second-order valence-corrected chi connectivity index (χ2v) is 8.62. The first-order valence-corrected chi connectivity index (χ1v) is 10.9. The molecule has 0 heterocycles. The fraction of sp³-hybridized carbons (Fsp3) is 0.0500. The van der Waals surface area contributed by atoms with Crippen molar-refractivity contribution < 1.29 is 26.5 Å². The first-order chi connectivity index (χ1) is 15.5. The Labute approximate surface area is 190 Å². The number of nitrogens with one attached hydrogen (secondary N) is 2. The van der Waals surface area contributed by atoms with Crippen LogP contribution in [-0.4, -0.2) is 19.6 Å². The van der Waals surface area contributed by atoms with Gasteiger partial charge < -0.3 is 0 Å². The summed E-state index contributed by atoms with van der Waals surface area (Å²) in [4.78, 5) is 10.2. The van der Waals surface area contributed by atoms with Crippen LogP contribution in [0.5, 0.6) is 0 Å². The van der Waals surface area contributed by atoms with Crippen molar-refractivity contribution in [1.29, 1.82) is 0 Å². The monoisotopic (exact) mass is 498 g/mol. The third-order valence-electron chi connectivity index (χ3n) is 4.23. The molecule has 3 rings (SSSR count). The lowest BCUT2D eigenvalue weighted by Gasteiger charge is -2.10. The third kappa shape index (κ3) is 5.99. The number of nitro groups is 1. The van der Waals surface area contributed by atoms with E-state index in [1.165, 1.54) is 42.5 Å². The van der Waals surface area contributed by atoms with E-state index in [4.69, 9.17) is 11.6 Å². The minimum Gasteiger partial charge on any atom is -0.280 e. The van der Waals surface area contributed by atoms with Crippen LogP contribution in [0.25, 0.3) is 0 Å². The summed E-state index contributed by atoms with van der Waals surface area (Å²) in [6.45, 7) is 0. The molecular weight excluding hydrogens is 485 g/mol. The van der Waals surface area contributed by atoms with E-state index in [2.05, 4.69) is 15.2 Å². The molecule has 3 aromatic carbocycles. The molecule has 0 aliphatic heterocycles. The Morgan fingerprint density at radius 1 is 1.03 bits per heavy atom. The molecule has 0 radical (unpaired) electrons. The molecule has 0 spiro atoms. The Morgan fingerprint density at radius 3 is 2.33 bits per heavy atom. The lowest BCUT2D eigenvalue weighted by Crippen LogP contribution is -2.13. The van der Waals surface area contributed by atoms with E-state index in [0.29, 0.717) is 5.02 Å². The van der Waals surface area contributed by atoms with Gasteiger partial charge in [-0.25, -0.2) is 8.42 Å². The van der Waals surface area contributed by atoms with Crippen LogP contribution in [0.4, 0.5) is 30.2 Å². The van der Waals surface area contributed by atoms with E-state index in [1.807, 2.05) is 0 Å². The molecular formula is C20H14ClF3N4O4S. The molecule has 13 heteroatoms. The fourth-order valence-electron chi connectivity index (χ4n) is 2.70. The van der Waals surface area contributed by atoms with Gasteiger partial charge in [-0.2, -0.15) is 18.3 Å². The predicted molar refractivity (Wildman–Crippen MR) is 118 cm³/mol. The van der Waals surface area contributed by atoms with Crippen LogP contribution in [0.1, 0.15) is 11.1 Å². The third-order valence-corrected chi connectivity index (χ3v) is 5.86. The van der Waals surface area contributed by atoms with Crippen molar-refractivity contribution >= 4 is 44.9 Å². The molecule has 8 nitrogen and oxygen atoms in total. The number of rotatable bonds is 7. The summed E-state index contributed by atoms with van der Waals surface area (Å²) in [5.41, 5.74) is 0.430. The Bertz CT molecular complexity index is 1310. The van der Waals surface area contributed by atoms with E-state index in [9.17, 15) is 31.7 Å². The molecule has 0 amide bonds. The fourth-order valence-corrected chi connectivity index (χ4v) is 3.90. The number of alkyl halides is 3. The summed E-state index contributed by atoms with van der Waals surface area (Å²) >= 11 is 5.76. The number of halogens is 4. The van der Waals surface area contributed by atoms with Crippen LogP contribution in [0.3, 0.4) is 0 Å². The minimum absolute atomic E-state index is 0.192. The van der Waals surface area contributed by atoms with Gasteiger partial charge in [-0.05, 0) is 42.5 Å². The van der Waals surface area contributed by atoms with Crippen molar-refractivity contribution in [1.82, 2.24) is 0 Å². The quantitative estimate of drug-likeness (QED) is 0.253. The Morgan fingerprint density at radius 2 is 1.70 bits per heavy atom. The topological polar surface area (TPSA) is 114 Å². The van der Waals surface area contributed by atoms with Gasteiger partial charge in [0.15, 0.2) is 0 Å².